The highest BCUT2D eigenvalue weighted by Crippen LogP contribution is 2.44. The standard InChI is InChI=1S/C34H43NO9/c1-33(2,3)43-30(39)21(15-18-29(37)38)19-22(36)16-17-28(31(40)44-34(4,5)6)35-32(41)42-20-27-25-13-9-7-11-23(25)24-12-8-10-14-26(24)27/h7-14,21,27-28H,15-20H2,1-6H3,(H,35,41)(H,37,38)/t21-,28+/m0/s1. The van der Waals surface area contributed by atoms with Crippen LogP contribution in [-0.2, 0) is 33.4 Å². The number of Topliss-reactive ketones (excluding diaryl/α,β-unsaturated/α-hetero) is 1. The van der Waals surface area contributed by atoms with Crippen LogP contribution < -0.4 is 5.32 Å². The van der Waals surface area contributed by atoms with E-state index in [0.717, 1.165) is 22.3 Å². The zero-order valence-corrected chi connectivity index (χ0v) is 26.3. The zero-order valence-electron chi connectivity index (χ0n) is 26.3. The van der Waals surface area contributed by atoms with Crippen LogP contribution in [0.15, 0.2) is 48.5 Å². The number of rotatable bonds is 13. The maximum absolute atomic E-state index is 13.0. The SMILES string of the molecule is CC(C)(C)OC(=O)[C@@H](CCC(=O)O)CC(=O)CC[C@@H](NC(=O)OCC1c2ccccc2-c2ccccc21)C(=O)OC(C)(C)C. The molecule has 0 aromatic heterocycles. The van der Waals surface area contributed by atoms with Gasteiger partial charge < -0.3 is 24.6 Å². The van der Waals surface area contributed by atoms with E-state index in [1.54, 1.807) is 41.5 Å². The Morgan fingerprint density at radius 2 is 1.30 bits per heavy atom. The largest absolute Gasteiger partial charge is 0.481 e. The van der Waals surface area contributed by atoms with Crippen LogP contribution in [0.4, 0.5) is 4.79 Å². The molecule has 0 fully saturated rings. The lowest BCUT2D eigenvalue weighted by Crippen LogP contribution is -2.45. The molecule has 2 aromatic carbocycles. The van der Waals surface area contributed by atoms with Gasteiger partial charge in [0.2, 0.25) is 0 Å². The van der Waals surface area contributed by atoms with Crippen molar-refractivity contribution in [2.24, 2.45) is 5.92 Å². The third-order valence-corrected chi connectivity index (χ3v) is 6.96. The van der Waals surface area contributed by atoms with E-state index < -0.39 is 47.2 Å². The smallest absolute Gasteiger partial charge is 0.407 e. The van der Waals surface area contributed by atoms with Crippen LogP contribution in [0.3, 0.4) is 0 Å². The van der Waals surface area contributed by atoms with Gasteiger partial charge in [-0.25, -0.2) is 9.59 Å². The highest BCUT2D eigenvalue weighted by atomic mass is 16.6. The molecule has 0 bridgehead atoms. The number of nitrogens with one attached hydrogen (secondary N) is 1. The maximum atomic E-state index is 13.0. The van der Waals surface area contributed by atoms with E-state index in [0.29, 0.717) is 0 Å². The molecule has 0 radical (unpaired) electrons. The van der Waals surface area contributed by atoms with Crippen LogP contribution in [0, 0.1) is 5.92 Å². The van der Waals surface area contributed by atoms with Gasteiger partial charge in [0.05, 0.1) is 5.92 Å². The first kappa shape index (κ1) is 34.3. The van der Waals surface area contributed by atoms with Gasteiger partial charge in [0.15, 0.2) is 0 Å². The Bertz CT molecular complexity index is 1320. The highest BCUT2D eigenvalue weighted by Gasteiger charge is 2.32. The third kappa shape index (κ3) is 10.2. The minimum atomic E-state index is -1.19. The van der Waals surface area contributed by atoms with Crippen LogP contribution in [-0.4, -0.2) is 58.7 Å². The second kappa shape index (κ2) is 14.5. The lowest BCUT2D eigenvalue weighted by atomic mass is 9.94. The summed E-state index contributed by atoms with van der Waals surface area (Å²) >= 11 is 0. The molecule has 10 heteroatoms. The highest BCUT2D eigenvalue weighted by molar-refractivity contribution is 5.86. The van der Waals surface area contributed by atoms with Crippen molar-refractivity contribution in [2.45, 2.75) is 96.8 Å². The molecule has 0 saturated carbocycles. The molecule has 0 aliphatic heterocycles. The molecule has 10 nitrogen and oxygen atoms in total. The van der Waals surface area contributed by atoms with Crippen molar-refractivity contribution in [3.8, 4) is 11.1 Å². The molecule has 238 valence electrons. The van der Waals surface area contributed by atoms with Crippen molar-refractivity contribution in [3.05, 3.63) is 59.7 Å². The second-order valence-corrected chi connectivity index (χ2v) is 13.0. The number of ketones is 1. The lowest BCUT2D eigenvalue weighted by Gasteiger charge is -2.25. The van der Waals surface area contributed by atoms with E-state index in [1.807, 2.05) is 48.5 Å². The molecule has 2 atom stereocenters. The number of esters is 2. The molecule has 1 aliphatic carbocycles. The van der Waals surface area contributed by atoms with E-state index in [9.17, 15) is 24.0 Å². The Hall–Kier alpha value is -4.21. The minimum absolute atomic E-state index is 0.0426. The predicted molar refractivity (Wildman–Crippen MR) is 163 cm³/mol. The van der Waals surface area contributed by atoms with Crippen LogP contribution in [0.1, 0.15) is 90.7 Å². The maximum Gasteiger partial charge on any atom is 0.407 e. The molecule has 0 saturated heterocycles. The Balaban J connectivity index is 1.66. The minimum Gasteiger partial charge on any atom is -0.481 e. The number of amides is 1. The van der Waals surface area contributed by atoms with E-state index >= 15 is 0 Å². The Kier molecular flexibility index (Phi) is 11.3. The summed E-state index contributed by atoms with van der Waals surface area (Å²) in [6, 6.07) is 14.6. The molecule has 1 amide bonds. The van der Waals surface area contributed by atoms with Gasteiger partial charge in [-0.15, -0.1) is 0 Å². The molecular formula is C34H43NO9. The fraction of sp³-hybridized carbons (Fsp3) is 0.500. The van der Waals surface area contributed by atoms with Crippen molar-refractivity contribution in [1.82, 2.24) is 5.32 Å². The topological polar surface area (TPSA) is 145 Å². The number of hydrogen-bond donors (Lipinski definition) is 2. The van der Waals surface area contributed by atoms with Gasteiger partial charge in [0, 0.05) is 25.2 Å². The Labute approximate surface area is 258 Å². The van der Waals surface area contributed by atoms with E-state index in [-0.39, 0.29) is 50.4 Å². The average Bonchev–Trinajstić information content (AvgIpc) is 3.23. The van der Waals surface area contributed by atoms with Crippen LogP contribution >= 0.6 is 0 Å². The average molecular weight is 610 g/mol. The summed E-state index contributed by atoms with van der Waals surface area (Å²) in [5.41, 5.74) is 2.58. The predicted octanol–water partition coefficient (Wildman–Crippen LogP) is 5.80. The summed E-state index contributed by atoms with van der Waals surface area (Å²) in [6.45, 7) is 10.2. The van der Waals surface area contributed by atoms with Gasteiger partial charge >= 0.3 is 24.0 Å². The van der Waals surface area contributed by atoms with Crippen LogP contribution in [0.2, 0.25) is 0 Å². The lowest BCUT2D eigenvalue weighted by molar-refractivity contribution is -0.162. The molecule has 1 aliphatic rings. The van der Waals surface area contributed by atoms with Gasteiger partial charge in [0.25, 0.3) is 0 Å². The Morgan fingerprint density at radius 1 is 0.773 bits per heavy atom. The molecule has 44 heavy (non-hydrogen) atoms. The van der Waals surface area contributed by atoms with Crippen molar-refractivity contribution < 1.29 is 43.3 Å². The number of ether oxygens (including phenoxy) is 3. The molecule has 2 N–H and O–H groups in total. The van der Waals surface area contributed by atoms with Crippen molar-refractivity contribution >= 4 is 29.8 Å². The molecule has 0 heterocycles. The molecule has 2 aromatic rings. The van der Waals surface area contributed by atoms with Crippen LogP contribution in [0.25, 0.3) is 11.1 Å². The number of carbonyl (C=O) groups is 5. The first-order valence-electron chi connectivity index (χ1n) is 14.8. The Morgan fingerprint density at radius 3 is 1.82 bits per heavy atom. The number of alkyl carbamates (subject to hydrolysis) is 1. The summed E-state index contributed by atoms with van der Waals surface area (Å²) in [5.74, 6) is -3.99. The number of carboxylic acid groups (broad SMARTS) is 1. The van der Waals surface area contributed by atoms with E-state index in [1.165, 1.54) is 0 Å². The molecule has 3 rings (SSSR count). The number of carbonyl (C=O) groups excluding carboxylic acids is 4. The van der Waals surface area contributed by atoms with Crippen molar-refractivity contribution in [2.75, 3.05) is 6.61 Å². The normalized spacial score (nSPS) is 14.0. The summed E-state index contributed by atoms with van der Waals surface area (Å²) in [5, 5.41) is 11.7. The zero-order chi connectivity index (χ0) is 32.7. The van der Waals surface area contributed by atoms with Crippen molar-refractivity contribution in [3.63, 3.8) is 0 Å². The molecular weight excluding hydrogens is 566 g/mol. The number of hydrogen-bond acceptors (Lipinski definition) is 8. The van der Waals surface area contributed by atoms with Crippen molar-refractivity contribution in [1.29, 1.82) is 0 Å². The quantitative estimate of drug-likeness (QED) is 0.213. The monoisotopic (exact) mass is 609 g/mol. The summed E-state index contributed by atoms with van der Waals surface area (Å²) in [4.78, 5) is 62.7. The summed E-state index contributed by atoms with van der Waals surface area (Å²) in [7, 11) is 0. The molecule has 0 unspecified atom stereocenters. The van der Waals surface area contributed by atoms with E-state index in [4.69, 9.17) is 19.3 Å². The first-order chi connectivity index (χ1) is 20.5. The van der Waals surface area contributed by atoms with E-state index in [2.05, 4.69) is 5.32 Å². The van der Waals surface area contributed by atoms with Gasteiger partial charge in [-0.2, -0.15) is 0 Å². The first-order valence-corrected chi connectivity index (χ1v) is 14.8. The number of fused-ring (bicyclic) bond motifs is 3. The van der Waals surface area contributed by atoms with Gasteiger partial charge in [0.1, 0.15) is 29.6 Å². The second-order valence-electron chi connectivity index (χ2n) is 13.0. The number of aliphatic carboxylic acids is 1. The number of carboxylic acids is 1. The number of benzene rings is 2. The fourth-order valence-corrected chi connectivity index (χ4v) is 5.07. The third-order valence-electron chi connectivity index (χ3n) is 6.96. The molecule has 0 spiro atoms. The van der Waals surface area contributed by atoms with Crippen LogP contribution in [0.5, 0.6) is 0 Å². The van der Waals surface area contributed by atoms with Gasteiger partial charge in [-0.05, 0) is 76.6 Å². The summed E-state index contributed by atoms with van der Waals surface area (Å²) < 4.78 is 16.5. The fourth-order valence-electron chi connectivity index (χ4n) is 5.07. The summed E-state index contributed by atoms with van der Waals surface area (Å²) in [6.07, 6.45) is -1.72. The van der Waals surface area contributed by atoms with Gasteiger partial charge in [-0.1, -0.05) is 48.5 Å². The van der Waals surface area contributed by atoms with Gasteiger partial charge in [-0.3, -0.25) is 14.4 Å².